The first-order chi connectivity index (χ1) is 15.8. The standard InChI is InChI=1S/C22H44N4O7/c1-5-30-11-12-32-15-16-33-14-13-31-10-8-19(27)26-20(17(2)3)21(28)25-18(4)7-6-9-24-22(23)29/h17-18,20H,5-16H2,1-4H3,(H,25,28)(H,26,27)(H3,23,24,29)/t18-,20+/m1/s1. The second-order valence-electron chi connectivity index (χ2n) is 7.92. The summed E-state index contributed by atoms with van der Waals surface area (Å²) < 4.78 is 21.3. The van der Waals surface area contributed by atoms with E-state index in [1.54, 1.807) is 0 Å². The van der Waals surface area contributed by atoms with Crippen LogP contribution in [0.4, 0.5) is 4.79 Å². The largest absolute Gasteiger partial charge is 0.379 e. The van der Waals surface area contributed by atoms with Crippen LogP contribution in [0.2, 0.25) is 0 Å². The molecule has 0 saturated heterocycles. The molecule has 194 valence electrons. The van der Waals surface area contributed by atoms with Crippen LogP contribution in [-0.4, -0.2) is 89.3 Å². The van der Waals surface area contributed by atoms with Crippen molar-refractivity contribution in [2.75, 3.05) is 59.4 Å². The molecule has 11 nitrogen and oxygen atoms in total. The second-order valence-corrected chi connectivity index (χ2v) is 7.92. The van der Waals surface area contributed by atoms with Crippen molar-refractivity contribution in [3.63, 3.8) is 0 Å². The lowest BCUT2D eigenvalue weighted by molar-refractivity contribution is -0.131. The Labute approximate surface area is 197 Å². The van der Waals surface area contributed by atoms with Gasteiger partial charge >= 0.3 is 6.03 Å². The average Bonchev–Trinajstić information content (AvgIpc) is 2.75. The summed E-state index contributed by atoms with van der Waals surface area (Å²) in [7, 11) is 0. The van der Waals surface area contributed by atoms with Gasteiger partial charge in [0.05, 0.1) is 46.2 Å². The van der Waals surface area contributed by atoms with Gasteiger partial charge in [-0.25, -0.2) is 4.79 Å². The van der Waals surface area contributed by atoms with Crippen LogP contribution in [0.1, 0.15) is 47.0 Å². The van der Waals surface area contributed by atoms with Gasteiger partial charge < -0.3 is 40.6 Å². The second kappa shape index (κ2) is 20.6. The van der Waals surface area contributed by atoms with Gasteiger partial charge in [-0.1, -0.05) is 13.8 Å². The molecule has 5 N–H and O–H groups in total. The molecule has 0 radical (unpaired) electrons. The molecule has 0 heterocycles. The lowest BCUT2D eigenvalue weighted by Crippen LogP contribution is -2.51. The fourth-order valence-corrected chi connectivity index (χ4v) is 2.77. The van der Waals surface area contributed by atoms with E-state index >= 15 is 0 Å². The molecule has 0 unspecified atom stereocenters. The van der Waals surface area contributed by atoms with Gasteiger partial charge in [-0.15, -0.1) is 0 Å². The Morgan fingerprint density at radius 2 is 1.36 bits per heavy atom. The van der Waals surface area contributed by atoms with E-state index in [0.29, 0.717) is 65.6 Å². The molecule has 11 heteroatoms. The Kier molecular flexibility index (Phi) is 19.4. The van der Waals surface area contributed by atoms with Crippen molar-refractivity contribution >= 4 is 17.8 Å². The van der Waals surface area contributed by atoms with Gasteiger partial charge in [0, 0.05) is 25.6 Å². The van der Waals surface area contributed by atoms with E-state index in [1.807, 2.05) is 27.7 Å². The highest BCUT2D eigenvalue weighted by atomic mass is 16.6. The average molecular weight is 477 g/mol. The maximum atomic E-state index is 12.6. The molecule has 0 fully saturated rings. The van der Waals surface area contributed by atoms with Crippen molar-refractivity contribution < 1.29 is 33.3 Å². The molecule has 0 spiro atoms. The Balaban J connectivity index is 3.93. The predicted molar refractivity (Wildman–Crippen MR) is 125 cm³/mol. The maximum Gasteiger partial charge on any atom is 0.312 e. The van der Waals surface area contributed by atoms with Crippen molar-refractivity contribution in [2.24, 2.45) is 11.7 Å². The fraction of sp³-hybridized carbons (Fsp3) is 0.864. The van der Waals surface area contributed by atoms with Crippen LogP contribution in [0.15, 0.2) is 0 Å². The molecular weight excluding hydrogens is 432 g/mol. The first-order valence-electron chi connectivity index (χ1n) is 11.7. The number of hydrogen-bond acceptors (Lipinski definition) is 7. The molecule has 0 aromatic rings. The number of carbonyl (C=O) groups excluding carboxylic acids is 3. The lowest BCUT2D eigenvalue weighted by atomic mass is 10.0. The van der Waals surface area contributed by atoms with E-state index in [-0.39, 0.29) is 36.8 Å². The van der Waals surface area contributed by atoms with Crippen LogP contribution in [0.3, 0.4) is 0 Å². The van der Waals surface area contributed by atoms with Crippen molar-refractivity contribution in [2.45, 2.75) is 59.0 Å². The van der Waals surface area contributed by atoms with Gasteiger partial charge in [0.15, 0.2) is 0 Å². The minimum absolute atomic E-state index is 0.0669. The molecule has 0 aliphatic rings. The number of hydrogen-bond donors (Lipinski definition) is 4. The Hall–Kier alpha value is -1.95. The molecule has 2 atom stereocenters. The molecule has 0 bridgehead atoms. The van der Waals surface area contributed by atoms with Gasteiger partial charge in [-0.3, -0.25) is 9.59 Å². The summed E-state index contributed by atoms with van der Waals surface area (Å²) in [6, 6.07) is -1.29. The number of nitrogens with one attached hydrogen (secondary N) is 3. The molecule has 0 aliphatic carbocycles. The van der Waals surface area contributed by atoms with Crippen molar-refractivity contribution in [1.29, 1.82) is 0 Å². The zero-order valence-corrected chi connectivity index (χ0v) is 20.7. The maximum absolute atomic E-state index is 12.6. The van der Waals surface area contributed by atoms with Crippen LogP contribution in [0.5, 0.6) is 0 Å². The fourth-order valence-electron chi connectivity index (χ4n) is 2.77. The van der Waals surface area contributed by atoms with E-state index in [2.05, 4.69) is 16.0 Å². The summed E-state index contributed by atoms with van der Waals surface area (Å²) in [5, 5.41) is 8.20. The van der Waals surface area contributed by atoms with E-state index in [0.717, 1.165) is 0 Å². The van der Waals surface area contributed by atoms with Crippen molar-refractivity contribution in [3.05, 3.63) is 0 Å². The quantitative estimate of drug-likeness (QED) is 0.177. The van der Waals surface area contributed by atoms with Crippen LogP contribution < -0.4 is 21.7 Å². The Morgan fingerprint density at radius 1 is 0.818 bits per heavy atom. The lowest BCUT2D eigenvalue weighted by Gasteiger charge is -2.24. The van der Waals surface area contributed by atoms with Crippen molar-refractivity contribution in [3.8, 4) is 0 Å². The third-order valence-electron chi connectivity index (χ3n) is 4.56. The topological polar surface area (TPSA) is 150 Å². The predicted octanol–water partition coefficient (Wildman–Crippen LogP) is 0.557. The number of nitrogens with two attached hydrogens (primary N) is 1. The summed E-state index contributed by atoms with van der Waals surface area (Å²) in [5.41, 5.74) is 5.02. The monoisotopic (exact) mass is 476 g/mol. The molecule has 33 heavy (non-hydrogen) atoms. The summed E-state index contributed by atoms with van der Waals surface area (Å²) in [6.45, 7) is 11.8. The molecule has 0 rings (SSSR count). The van der Waals surface area contributed by atoms with Gasteiger partial charge in [-0.05, 0) is 32.6 Å². The number of ether oxygens (including phenoxy) is 4. The zero-order chi connectivity index (χ0) is 24.9. The van der Waals surface area contributed by atoms with Gasteiger partial charge in [0.25, 0.3) is 0 Å². The zero-order valence-electron chi connectivity index (χ0n) is 20.7. The summed E-state index contributed by atoms with van der Waals surface area (Å²) in [5.74, 6) is -0.542. The Morgan fingerprint density at radius 3 is 1.88 bits per heavy atom. The van der Waals surface area contributed by atoms with E-state index < -0.39 is 12.1 Å². The molecule has 0 aromatic heterocycles. The van der Waals surface area contributed by atoms with Gasteiger partial charge in [0.1, 0.15) is 6.04 Å². The number of rotatable bonds is 21. The highest BCUT2D eigenvalue weighted by molar-refractivity contribution is 5.88. The van der Waals surface area contributed by atoms with Crippen LogP contribution >= 0.6 is 0 Å². The number of amides is 4. The number of urea groups is 1. The molecule has 0 saturated carbocycles. The first-order valence-corrected chi connectivity index (χ1v) is 11.7. The van der Waals surface area contributed by atoms with Crippen LogP contribution in [0.25, 0.3) is 0 Å². The number of primary amides is 1. The first kappa shape index (κ1) is 31.0. The Bertz CT molecular complexity index is 535. The van der Waals surface area contributed by atoms with E-state index in [1.165, 1.54) is 0 Å². The van der Waals surface area contributed by atoms with Crippen LogP contribution in [0, 0.1) is 5.92 Å². The smallest absolute Gasteiger partial charge is 0.312 e. The summed E-state index contributed by atoms with van der Waals surface area (Å²) >= 11 is 0. The van der Waals surface area contributed by atoms with Gasteiger partial charge in [0.2, 0.25) is 11.8 Å². The van der Waals surface area contributed by atoms with E-state index in [4.69, 9.17) is 24.7 Å². The molecule has 0 aliphatic heterocycles. The summed E-state index contributed by atoms with van der Waals surface area (Å²) in [4.78, 5) is 35.5. The normalized spacial score (nSPS) is 12.9. The minimum Gasteiger partial charge on any atom is -0.379 e. The SMILES string of the molecule is CCOCCOCCOCCOCCC(=O)N[C@H](C(=O)N[C@H](C)CCCNC(N)=O)C(C)C. The highest BCUT2D eigenvalue weighted by Crippen LogP contribution is 2.05. The van der Waals surface area contributed by atoms with E-state index in [9.17, 15) is 14.4 Å². The third kappa shape index (κ3) is 19.2. The van der Waals surface area contributed by atoms with Gasteiger partial charge in [-0.2, -0.15) is 0 Å². The van der Waals surface area contributed by atoms with Crippen LogP contribution in [-0.2, 0) is 28.5 Å². The molecule has 4 amide bonds. The number of carbonyl (C=O) groups is 3. The highest BCUT2D eigenvalue weighted by Gasteiger charge is 2.25. The third-order valence-corrected chi connectivity index (χ3v) is 4.56. The summed E-state index contributed by atoms with van der Waals surface area (Å²) in [6.07, 6.45) is 1.52. The molecule has 0 aromatic carbocycles. The molecular formula is C22H44N4O7. The minimum atomic E-state index is -0.630. The van der Waals surface area contributed by atoms with Crippen molar-refractivity contribution in [1.82, 2.24) is 16.0 Å².